The highest BCUT2D eigenvalue weighted by Gasteiger charge is 2.23. The van der Waals surface area contributed by atoms with E-state index in [1.165, 1.54) is 12.1 Å². The summed E-state index contributed by atoms with van der Waals surface area (Å²) in [4.78, 5) is 23.5. The lowest BCUT2D eigenvalue weighted by Crippen LogP contribution is -2.42. The van der Waals surface area contributed by atoms with Crippen molar-refractivity contribution in [3.05, 3.63) is 69.5 Å². The van der Waals surface area contributed by atoms with E-state index in [4.69, 9.17) is 23.2 Å². The maximum Gasteiger partial charge on any atom is 0.326 e. The first-order valence-electron chi connectivity index (χ1n) is 6.60. The molecule has 0 heterocycles. The van der Waals surface area contributed by atoms with E-state index in [2.05, 4.69) is 5.32 Å². The third kappa shape index (κ3) is 4.43. The van der Waals surface area contributed by atoms with Crippen LogP contribution in [0.4, 0.5) is 4.39 Å². The van der Waals surface area contributed by atoms with Crippen molar-refractivity contribution in [1.29, 1.82) is 0 Å². The molecule has 0 saturated heterocycles. The number of rotatable bonds is 5. The molecule has 0 bridgehead atoms. The Morgan fingerprint density at radius 1 is 1.09 bits per heavy atom. The largest absolute Gasteiger partial charge is 0.480 e. The summed E-state index contributed by atoms with van der Waals surface area (Å²) < 4.78 is 12.9. The number of carboxylic acids is 1. The lowest BCUT2D eigenvalue weighted by molar-refractivity contribution is -0.139. The number of hydrogen-bond donors (Lipinski definition) is 2. The fourth-order valence-electron chi connectivity index (χ4n) is 1.97. The summed E-state index contributed by atoms with van der Waals surface area (Å²) in [6, 6.07) is 8.38. The van der Waals surface area contributed by atoms with E-state index in [-0.39, 0.29) is 12.0 Å². The van der Waals surface area contributed by atoms with Gasteiger partial charge in [-0.2, -0.15) is 0 Å². The molecule has 1 amide bonds. The molecule has 120 valence electrons. The van der Waals surface area contributed by atoms with Crippen LogP contribution in [-0.2, 0) is 11.2 Å². The molecule has 2 aromatic carbocycles. The van der Waals surface area contributed by atoms with Gasteiger partial charge in [0, 0.05) is 22.0 Å². The van der Waals surface area contributed by atoms with E-state index < -0.39 is 23.7 Å². The summed E-state index contributed by atoms with van der Waals surface area (Å²) in [5, 5.41) is 12.3. The van der Waals surface area contributed by atoms with Crippen LogP contribution in [0.3, 0.4) is 0 Å². The second-order valence-corrected chi connectivity index (χ2v) is 5.59. The molecule has 2 N–H and O–H groups in total. The van der Waals surface area contributed by atoms with Gasteiger partial charge in [0.1, 0.15) is 11.9 Å². The molecule has 2 aromatic rings. The second-order valence-electron chi connectivity index (χ2n) is 4.78. The van der Waals surface area contributed by atoms with E-state index in [1.54, 1.807) is 18.2 Å². The molecule has 0 unspecified atom stereocenters. The first-order chi connectivity index (χ1) is 10.9. The van der Waals surface area contributed by atoms with Crippen LogP contribution in [0.1, 0.15) is 15.9 Å². The summed E-state index contributed by atoms with van der Waals surface area (Å²) in [5.74, 6) is -2.34. The number of halogens is 3. The average molecular weight is 356 g/mol. The van der Waals surface area contributed by atoms with Crippen molar-refractivity contribution >= 4 is 35.1 Å². The van der Waals surface area contributed by atoms with Gasteiger partial charge in [0.15, 0.2) is 0 Å². The van der Waals surface area contributed by atoms with Crippen LogP contribution in [-0.4, -0.2) is 23.0 Å². The normalized spacial score (nSPS) is 11.8. The van der Waals surface area contributed by atoms with E-state index in [0.717, 1.165) is 12.1 Å². The van der Waals surface area contributed by atoms with Gasteiger partial charge in [-0.05, 0) is 42.0 Å². The number of carbonyl (C=O) groups excluding carboxylic acids is 1. The maximum absolute atomic E-state index is 12.9. The smallest absolute Gasteiger partial charge is 0.326 e. The van der Waals surface area contributed by atoms with Crippen molar-refractivity contribution in [3.63, 3.8) is 0 Å². The summed E-state index contributed by atoms with van der Waals surface area (Å²) >= 11 is 12.0. The predicted molar refractivity (Wildman–Crippen MR) is 85.5 cm³/mol. The number of benzene rings is 2. The molecule has 0 fully saturated rings. The standard InChI is InChI=1S/C16H12Cl2FNO3/c17-12-2-1-3-13(18)11(12)8-14(16(22)23)20-15(21)9-4-6-10(19)7-5-9/h1-7,14H,8H2,(H,20,21)(H,22,23)/t14-/m0/s1. The van der Waals surface area contributed by atoms with Crippen molar-refractivity contribution in [1.82, 2.24) is 5.32 Å². The molecular formula is C16H12Cl2FNO3. The highest BCUT2D eigenvalue weighted by molar-refractivity contribution is 6.36. The number of aliphatic carboxylic acids is 1. The summed E-state index contributed by atoms with van der Waals surface area (Å²) in [7, 11) is 0. The highest BCUT2D eigenvalue weighted by atomic mass is 35.5. The van der Waals surface area contributed by atoms with Gasteiger partial charge in [-0.15, -0.1) is 0 Å². The van der Waals surface area contributed by atoms with Crippen molar-refractivity contribution in [3.8, 4) is 0 Å². The zero-order valence-electron chi connectivity index (χ0n) is 11.7. The minimum atomic E-state index is -1.23. The lowest BCUT2D eigenvalue weighted by Gasteiger charge is -2.16. The Morgan fingerprint density at radius 2 is 1.65 bits per heavy atom. The molecule has 0 aliphatic heterocycles. The van der Waals surface area contributed by atoms with E-state index in [9.17, 15) is 19.1 Å². The zero-order valence-corrected chi connectivity index (χ0v) is 13.2. The fraction of sp³-hybridized carbons (Fsp3) is 0.125. The summed E-state index contributed by atoms with van der Waals surface area (Å²) in [6.45, 7) is 0. The van der Waals surface area contributed by atoms with Gasteiger partial charge >= 0.3 is 5.97 Å². The summed E-state index contributed by atoms with van der Waals surface area (Å²) in [6.07, 6.45) is -0.0687. The van der Waals surface area contributed by atoms with E-state index in [0.29, 0.717) is 15.6 Å². The third-order valence-electron chi connectivity index (χ3n) is 3.18. The average Bonchev–Trinajstić information content (AvgIpc) is 2.50. The van der Waals surface area contributed by atoms with Crippen LogP contribution in [0, 0.1) is 5.82 Å². The zero-order chi connectivity index (χ0) is 17.0. The molecule has 23 heavy (non-hydrogen) atoms. The molecule has 0 spiro atoms. The molecule has 0 aromatic heterocycles. The third-order valence-corrected chi connectivity index (χ3v) is 3.89. The fourth-order valence-corrected chi connectivity index (χ4v) is 2.53. The minimum absolute atomic E-state index is 0.0687. The molecule has 0 saturated carbocycles. The Kier molecular flexibility index (Phi) is 5.58. The lowest BCUT2D eigenvalue weighted by atomic mass is 10.1. The molecule has 1 atom stereocenters. The Morgan fingerprint density at radius 3 is 2.17 bits per heavy atom. The number of carboxylic acid groups (broad SMARTS) is 1. The molecular weight excluding hydrogens is 344 g/mol. The topological polar surface area (TPSA) is 66.4 Å². The molecule has 0 radical (unpaired) electrons. The van der Waals surface area contributed by atoms with Gasteiger partial charge in [0.25, 0.3) is 5.91 Å². The first-order valence-corrected chi connectivity index (χ1v) is 7.36. The maximum atomic E-state index is 12.9. The number of nitrogens with one attached hydrogen (secondary N) is 1. The van der Waals surface area contributed by atoms with Crippen LogP contribution < -0.4 is 5.32 Å². The molecule has 4 nitrogen and oxygen atoms in total. The highest BCUT2D eigenvalue weighted by Crippen LogP contribution is 2.25. The summed E-state index contributed by atoms with van der Waals surface area (Å²) in [5.41, 5.74) is 0.588. The quantitative estimate of drug-likeness (QED) is 0.861. The van der Waals surface area contributed by atoms with Gasteiger partial charge in [0.2, 0.25) is 0 Å². The van der Waals surface area contributed by atoms with Crippen LogP contribution in [0.25, 0.3) is 0 Å². The van der Waals surface area contributed by atoms with Gasteiger partial charge < -0.3 is 10.4 Å². The molecule has 2 rings (SSSR count). The number of amides is 1. The van der Waals surface area contributed by atoms with Gasteiger partial charge in [-0.3, -0.25) is 4.79 Å². The van der Waals surface area contributed by atoms with Crippen LogP contribution >= 0.6 is 23.2 Å². The van der Waals surface area contributed by atoms with Gasteiger partial charge in [-0.25, -0.2) is 9.18 Å². The number of hydrogen-bond acceptors (Lipinski definition) is 2. The van der Waals surface area contributed by atoms with E-state index in [1.807, 2.05) is 0 Å². The molecule has 7 heteroatoms. The van der Waals surface area contributed by atoms with Crippen LogP contribution in [0.5, 0.6) is 0 Å². The monoisotopic (exact) mass is 355 g/mol. The van der Waals surface area contributed by atoms with Crippen molar-refractivity contribution in [2.75, 3.05) is 0 Å². The SMILES string of the molecule is O=C(N[C@@H](Cc1c(Cl)cccc1Cl)C(=O)O)c1ccc(F)cc1. The Bertz CT molecular complexity index is 714. The van der Waals surface area contributed by atoms with Crippen LogP contribution in [0.2, 0.25) is 10.0 Å². The Labute approximate surface area is 141 Å². The second kappa shape index (κ2) is 7.44. The Balaban J connectivity index is 2.17. The van der Waals surface area contributed by atoms with Crippen molar-refractivity contribution in [2.24, 2.45) is 0 Å². The van der Waals surface area contributed by atoms with Crippen molar-refractivity contribution < 1.29 is 19.1 Å². The Hall–Kier alpha value is -2.11. The molecule has 0 aliphatic rings. The van der Waals surface area contributed by atoms with E-state index >= 15 is 0 Å². The van der Waals surface area contributed by atoms with Gasteiger partial charge in [0.05, 0.1) is 0 Å². The first kappa shape index (κ1) is 17.2. The minimum Gasteiger partial charge on any atom is -0.480 e. The van der Waals surface area contributed by atoms with Crippen LogP contribution in [0.15, 0.2) is 42.5 Å². The van der Waals surface area contributed by atoms with Crippen molar-refractivity contribution in [2.45, 2.75) is 12.5 Å². The number of carbonyl (C=O) groups is 2. The predicted octanol–water partition coefficient (Wildman–Crippen LogP) is 3.56. The van der Waals surface area contributed by atoms with Gasteiger partial charge in [-0.1, -0.05) is 29.3 Å². The molecule has 0 aliphatic carbocycles.